The van der Waals surface area contributed by atoms with Gasteiger partial charge in [0.2, 0.25) is 0 Å². The highest BCUT2D eigenvalue weighted by atomic mass is 16.5. The third-order valence-electron chi connectivity index (χ3n) is 5.13. The van der Waals surface area contributed by atoms with Crippen LogP contribution in [0.4, 0.5) is 5.69 Å². The number of nitrogens with zero attached hydrogens (tertiary/aromatic N) is 2. The minimum Gasteiger partial charge on any atom is -0.452 e. The van der Waals surface area contributed by atoms with Gasteiger partial charge in [-0.05, 0) is 43.7 Å². The van der Waals surface area contributed by atoms with Crippen molar-refractivity contribution in [2.45, 2.75) is 26.4 Å². The topological polar surface area (TPSA) is 66.9 Å². The summed E-state index contributed by atoms with van der Waals surface area (Å²) in [7, 11) is 1.68. The highest BCUT2D eigenvalue weighted by Gasteiger charge is 2.24. The number of hydrogen-bond acceptors (Lipinski definition) is 4. The normalized spacial score (nSPS) is 10.5. The zero-order chi connectivity index (χ0) is 23.8. The maximum atomic E-state index is 13.0. The Labute approximate surface area is 194 Å². The molecule has 6 heteroatoms. The maximum absolute atomic E-state index is 13.0. The van der Waals surface area contributed by atoms with Crippen molar-refractivity contribution in [3.8, 4) is 0 Å². The lowest BCUT2D eigenvalue weighted by atomic mass is 10.1. The molecule has 3 aromatic rings. The molecule has 0 fully saturated rings. The van der Waals surface area contributed by atoms with Gasteiger partial charge in [-0.25, -0.2) is 4.79 Å². The second-order valence-corrected chi connectivity index (χ2v) is 7.96. The van der Waals surface area contributed by atoms with E-state index in [1.165, 1.54) is 6.07 Å². The molecular weight excluding hydrogens is 416 g/mol. The third-order valence-corrected chi connectivity index (χ3v) is 5.13. The van der Waals surface area contributed by atoms with Crippen molar-refractivity contribution in [1.82, 2.24) is 4.90 Å². The van der Waals surface area contributed by atoms with E-state index in [4.69, 9.17) is 4.74 Å². The number of benzene rings is 3. The van der Waals surface area contributed by atoms with Crippen LogP contribution in [0, 0.1) is 0 Å². The summed E-state index contributed by atoms with van der Waals surface area (Å²) in [4.78, 5) is 41.8. The van der Waals surface area contributed by atoms with Gasteiger partial charge in [0, 0.05) is 25.3 Å². The van der Waals surface area contributed by atoms with Crippen LogP contribution in [-0.2, 0) is 16.1 Å². The number of hydrogen-bond donors (Lipinski definition) is 0. The molecule has 0 spiro atoms. The second-order valence-electron chi connectivity index (χ2n) is 7.96. The number of amides is 2. The zero-order valence-corrected chi connectivity index (χ0v) is 19.1. The van der Waals surface area contributed by atoms with Crippen molar-refractivity contribution in [2.75, 3.05) is 18.6 Å². The second kappa shape index (κ2) is 11.1. The molecule has 0 saturated carbocycles. The first kappa shape index (κ1) is 23.7. The van der Waals surface area contributed by atoms with E-state index in [0.29, 0.717) is 6.54 Å². The summed E-state index contributed by atoms with van der Waals surface area (Å²) in [5.74, 6) is -1.35. The average Bonchev–Trinajstić information content (AvgIpc) is 2.83. The van der Waals surface area contributed by atoms with Crippen LogP contribution in [0.5, 0.6) is 0 Å². The van der Waals surface area contributed by atoms with Gasteiger partial charge < -0.3 is 14.5 Å². The van der Waals surface area contributed by atoms with E-state index in [1.54, 1.807) is 35.0 Å². The first-order chi connectivity index (χ1) is 15.9. The van der Waals surface area contributed by atoms with Crippen molar-refractivity contribution in [3.05, 3.63) is 102 Å². The van der Waals surface area contributed by atoms with Crippen LogP contribution in [0.25, 0.3) is 0 Å². The SMILES string of the molecule is CC(C)N(C(=O)COC(=O)c1ccccc1C(=O)N(C)Cc1ccccc1)c1ccccc1. The molecule has 0 radical (unpaired) electrons. The van der Waals surface area contributed by atoms with Crippen molar-refractivity contribution < 1.29 is 19.1 Å². The number of para-hydroxylation sites is 1. The molecule has 2 amide bonds. The number of ether oxygens (including phenoxy) is 1. The van der Waals surface area contributed by atoms with E-state index >= 15 is 0 Å². The van der Waals surface area contributed by atoms with Gasteiger partial charge in [0.1, 0.15) is 0 Å². The largest absolute Gasteiger partial charge is 0.452 e. The standard InChI is InChI=1S/C27H28N2O4/c1-20(2)29(22-14-8-5-9-15-22)25(30)19-33-27(32)24-17-11-10-16-23(24)26(31)28(3)18-21-12-6-4-7-13-21/h4-17,20H,18-19H2,1-3H3. The number of anilines is 1. The fraction of sp³-hybridized carbons (Fsp3) is 0.222. The molecule has 0 aliphatic carbocycles. The average molecular weight is 445 g/mol. The third kappa shape index (κ3) is 6.07. The molecule has 6 nitrogen and oxygen atoms in total. The summed E-state index contributed by atoms with van der Waals surface area (Å²) in [5, 5.41) is 0. The number of rotatable bonds is 8. The van der Waals surface area contributed by atoms with Gasteiger partial charge in [0.05, 0.1) is 11.1 Å². The molecule has 0 aliphatic heterocycles. The summed E-state index contributed by atoms with van der Waals surface area (Å²) in [6, 6.07) is 25.2. The number of esters is 1. The van der Waals surface area contributed by atoms with Crippen molar-refractivity contribution in [2.24, 2.45) is 0 Å². The molecule has 0 unspecified atom stereocenters. The van der Waals surface area contributed by atoms with Crippen LogP contribution < -0.4 is 4.90 Å². The molecule has 0 saturated heterocycles. The lowest BCUT2D eigenvalue weighted by Crippen LogP contribution is -2.40. The Hall–Kier alpha value is -3.93. The smallest absolute Gasteiger partial charge is 0.339 e. The first-order valence-corrected chi connectivity index (χ1v) is 10.8. The van der Waals surface area contributed by atoms with Crippen LogP contribution in [0.3, 0.4) is 0 Å². The fourth-order valence-corrected chi connectivity index (χ4v) is 3.58. The Kier molecular flexibility index (Phi) is 7.97. The summed E-state index contributed by atoms with van der Waals surface area (Å²) in [5.41, 5.74) is 2.07. The van der Waals surface area contributed by atoms with Crippen LogP contribution >= 0.6 is 0 Å². The number of carbonyl (C=O) groups is 3. The molecule has 0 heterocycles. The van der Waals surface area contributed by atoms with Crippen LogP contribution in [0.2, 0.25) is 0 Å². The predicted octanol–water partition coefficient (Wildman–Crippen LogP) is 4.56. The molecule has 0 aromatic heterocycles. The lowest BCUT2D eigenvalue weighted by molar-refractivity contribution is -0.122. The van der Waals surface area contributed by atoms with Gasteiger partial charge in [-0.1, -0.05) is 60.7 Å². The number of carbonyl (C=O) groups excluding carboxylic acids is 3. The highest BCUT2D eigenvalue weighted by molar-refractivity contribution is 6.06. The van der Waals surface area contributed by atoms with Gasteiger partial charge in [-0.15, -0.1) is 0 Å². The van der Waals surface area contributed by atoms with E-state index in [1.807, 2.05) is 74.5 Å². The van der Waals surface area contributed by atoms with Gasteiger partial charge >= 0.3 is 5.97 Å². The minimum atomic E-state index is -0.711. The fourth-order valence-electron chi connectivity index (χ4n) is 3.58. The Morgan fingerprint density at radius 3 is 1.94 bits per heavy atom. The molecule has 3 rings (SSSR count). The van der Waals surface area contributed by atoms with E-state index in [0.717, 1.165) is 11.3 Å². The summed E-state index contributed by atoms with van der Waals surface area (Å²) >= 11 is 0. The van der Waals surface area contributed by atoms with Crippen molar-refractivity contribution >= 4 is 23.5 Å². The summed E-state index contributed by atoms with van der Waals surface area (Å²) < 4.78 is 5.33. The monoisotopic (exact) mass is 444 g/mol. The van der Waals surface area contributed by atoms with Crippen LogP contribution in [-0.4, -0.2) is 42.4 Å². The van der Waals surface area contributed by atoms with Crippen molar-refractivity contribution in [3.63, 3.8) is 0 Å². The quantitative estimate of drug-likeness (QED) is 0.478. The Bertz CT molecular complexity index is 1100. The molecule has 0 N–H and O–H groups in total. The van der Waals surface area contributed by atoms with Gasteiger partial charge in [-0.2, -0.15) is 0 Å². The Morgan fingerprint density at radius 2 is 1.33 bits per heavy atom. The molecule has 0 aliphatic rings. The zero-order valence-electron chi connectivity index (χ0n) is 19.1. The summed E-state index contributed by atoms with van der Waals surface area (Å²) in [6.07, 6.45) is 0. The first-order valence-electron chi connectivity index (χ1n) is 10.8. The van der Waals surface area contributed by atoms with Gasteiger partial charge in [-0.3, -0.25) is 9.59 Å². The van der Waals surface area contributed by atoms with Crippen LogP contribution in [0.1, 0.15) is 40.1 Å². The predicted molar refractivity (Wildman–Crippen MR) is 128 cm³/mol. The summed E-state index contributed by atoms with van der Waals surface area (Å²) in [6.45, 7) is 3.77. The molecule has 3 aromatic carbocycles. The molecular formula is C27H28N2O4. The van der Waals surface area contributed by atoms with E-state index in [-0.39, 0.29) is 29.0 Å². The highest BCUT2D eigenvalue weighted by Crippen LogP contribution is 2.18. The molecule has 33 heavy (non-hydrogen) atoms. The van der Waals surface area contributed by atoms with Gasteiger partial charge in [0.25, 0.3) is 11.8 Å². The van der Waals surface area contributed by atoms with E-state index in [2.05, 4.69) is 0 Å². The lowest BCUT2D eigenvalue weighted by Gasteiger charge is -2.26. The van der Waals surface area contributed by atoms with Crippen LogP contribution in [0.15, 0.2) is 84.9 Å². The van der Waals surface area contributed by atoms with E-state index in [9.17, 15) is 14.4 Å². The molecule has 0 bridgehead atoms. The van der Waals surface area contributed by atoms with Gasteiger partial charge in [0.15, 0.2) is 6.61 Å². The molecule has 170 valence electrons. The Balaban J connectivity index is 1.70. The Morgan fingerprint density at radius 1 is 0.788 bits per heavy atom. The van der Waals surface area contributed by atoms with Crippen molar-refractivity contribution in [1.29, 1.82) is 0 Å². The van der Waals surface area contributed by atoms with E-state index < -0.39 is 12.6 Å². The molecule has 0 atom stereocenters. The maximum Gasteiger partial charge on any atom is 0.339 e. The minimum absolute atomic E-state index is 0.112.